The molecule has 3 aliphatic rings. The van der Waals surface area contributed by atoms with E-state index in [0.29, 0.717) is 35.2 Å². The minimum atomic E-state index is -0.593. The molecule has 0 radical (unpaired) electrons. The third-order valence-corrected chi connectivity index (χ3v) is 7.30. The lowest BCUT2D eigenvalue weighted by atomic mass is 9.93. The number of aliphatic imine (C=N–C) groups is 1. The highest BCUT2D eigenvalue weighted by atomic mass is 32.2. The summed E-state index contributed by atoms with van der Waals surface area (Å²) in [6.07, 6.45) is 1.18. The molecule has 10 heteroatoms. The predicted octanol–water partition coefficient (Wildman–Crippen LogP) is 2.57. The second-order valence-corrected chi connectivity index (χ2v) is 10.3. The van der Waals surface area contributed by atoms with Crippen molar-refractivity contribution in [2.24, 2.45) is 16.8 Å². The summed E-state index contributed by atoms with van der Waals surface area (Å²) in [7, 11) is 3.22. The number of hydrogen-bond acceptors (Lipinski definition) is 5. The SMILES string of the molecule is CC1CC(C)C[N+](=C2N=C3C(C(=O)N(C)C(=O)N3C)N2CCSc2nc3ccccc3o2)C1. The standard InChI is InChI=1S/C23H29N6O3S/c1-14-11-15(2)13-28(12-14)21-25-19-18(20(30)27(4)23(31)26(19)3)29(21)9-10-33-22-24-16-7-5-6-8-17(16)32-22/h5-8,14-15,18H,9-13H2,1-4H3/q+1. The highest BCUT2D eigenvalue weighted by Crippen LogP contribution is 2.28. The number of nitrogens with zero attached hydrogens (tertiary/aromatic N) is 6. The lowest BCUT2D eigenvalue weighted by Gasteiger charge is -2.33. The number of piperidine rings is 1. The number of thioether (sulfide) groups is 1. The van der Waals surface area contributed by atoms with Crippen LogP contribution in [0.2, 0.25) is 0 Å². The van der Waals surface area contributed by atoms with Gasteiger partial charge in [0.15, 0.2) is 5.58 Å². The number of urea groups is 1. The minimum absolute atomic E-state index is 0.239. The summed E-state index contributed by atoms with van der Waals surface area (Å²) in [4.78, 5) is 39.8. The van der Waals surface area contributed by atoms with E-state index in [1.807, 2.05) is 24.3 Å². The fourth-order valence-corrected chi connectivity index (χ4v) is 5.81. The summed E-state index contributed by atoms with van der Waals surface area (Å²) in [5.74, 6) is 2.81. The fraction of sp³-hybridized carbons (Fsp3) is 0.522. The van der Waals surface area contributed by atoms with Gasteiger partial charge in [-0.3, -0.25) is 19.2 Å². The Labute approximate surface area is 197 Å². The number of oxazole rings is 1. The third-order valence-electron chi connectivity index (χ3n) is 6.49. The molecule has 3 amide bonds. The average Bonchev–Trinajstić information content (AvgIpc) is 3.37. The number of imide groups is 1. The van der Waals surface area contributed by atoms with Crippen molar-refractivity contribution in [3.8, 4) is 0 Å². The number of likely N-dealkylation sites (N-methyl/N-ethyl adjacent to an activating group) is 2. The summed E-state index contributed by atoms with van der Waals surface area (Å²) in [5, 5.41) is 0.609. The molecule has 0 saturated carbocycles. The largest absolute Gasteiger partial charge is 0.431 e. The topological polar surface area (TPSA) is 85.3 Å². The average molecular weight is 470 g/mol. The van der Waals surface area contributed by atoms with Crippen molar-refractivity contribution in [1.82, 2.24) is 19.7 Å². The van der Waals surface area contributed by atoms with E-state index in [1.165, 1.54) is 35.0 Å². The van der Waals surface area contributed by atoms with Crippen LogP contribution in [0.15, 0.2) is 38.9 Å². The van der Waals surface area contributed by atoms with Crippen LogP contribution in [0.1, 0.15) is 20.3 Å². The monoisotopic (exact) mass is 469 g/mol. The van der Waals surface area contributed by atoms with E-state index in [2.05, 4.69) is 28.3 Å². The molecule has 0 bridgehead atoms. The van der Waals surface area contributed by atoms with Crippen molar-refractivity contribution >= 4 is 46.6 Å². The number of amidine groups is 1. The van der Waals surface area contributed by atoms with E-state index in [4.69, 9.17) is 9.41 Å². The first-order valence-corrected chi connectivity index (χ1v) is 12.3. The van der Waals surface area contributed by atoms with Crippen LogP contribution in [0.25, 0.3) is 11.1 Å². The molecule has 3 atom stereocenters. The number of guanidine groups is 1. The first-order chi connectivity index (χ1) is 15.8. The Morgan fingerprint density at radius 1 is 1.12 bits per heavy atom. The maximum Gasteiger partial charge on any atom is 0.392 e. The van der Waals surface area contributed by atoms with E-state index >= 15 is 0 Å². The van der Waals surface area contributed by atoms with Gasteiger partial charge in [-0.1, -0.05) is 42.7 Å². The number of carbonyl (C=O) groups excluding carboxylic acids is 2. The van der Waals surface area contributed by atoms with Gasteiger partial charge in [0.25, 0.3) is 11.1 Å². The zero-order chi connectivity index (χ0) is 23.3. The summed E-state index contributed by atoms with van der Waals surface area (Å²) < 4.78 is 8.12. The number of fused-ring (bicyclic) bond motifs is 2. The maximum absolute atomic E-state index is 13.2. The molecule has 0 aliphatic carbocycles. The van der Waals surface area contributed by atoms with Crippen molar-refractivity contribution < 1.29 is 18.6 Å². The van der Waals surface area contributed by atoms with Crippen LogP contribution >= 0.6 is 11.8 Å². The van der Waals surface area contributed by atoms with E-state index in [9.17, 15) is 9.59 Å². The molecule has 2 aromatic rings. The Bertz CT molecular complexity index is 1130. The lowest BCUT2D eigenvalue weighted by molar-refractivity contribution is -0.557. The Kier molecular flexibility index (Phi) is 5.64. The van der Waals surface area contributed by atoms with Crippen LogP contribution in [0.5, 0.6) is 0 Å². The van der Waals surface area contributed by atoms with E-state index in [-0.39, 0.29) is 11.9 Å². The number of carbonyl (C=O) groups is 2. The van der Waals surface area contributed by atoms with Crippen LogP contribution < -0.4 is 0 Å². The molecule has 0 N–H and O–H groups in total. The minimum Gasteiger partial charge on any atom is -0.431 e. The van der Waals surface area contributed by atoms with Crippen molar-refractivity contribution in [3.05, 3.63) is 24.3 Å². The van der Waals surface area contributed by atoms with Gasteiger partial charge >= 0.3 is 12.0 Å². The van der Waals surface area contributed by atoms with Crippen molar-refractivity contribution in [1.29, 1.82) is 0 Å². The van der Waals surface area contributed by atoms with Gasteiger partial charge in [0.1, 0.15) is 5.52 Å². The lowest BCUT2D eigenvalue weighted by Crippen LogP contribution is -2.63. The Hall–Kier alpha value is -2.88. The molecule has 0 spiro atoms. The molecule has 1 aromatic heterocycles. The van der Waals surface area contributed by atoms with Gasteiger partial charge in [0, 0.05) is 19.8 Å². The van der Waals surface area contributed by atoms with Crippen LogP contribution in [0, 0.1) is 11.8 Å². The number of rotatable bonds is 4. The molecule has 2 fully saturated rings. The van der Waals surface area contributed by atoms with Gasteiger partial charge in [-0.05, 0) is 30.4 Å². The van der Waals surface area contributed by atoms with Crippen molar-refractivity contribution in [2.45, 2.75) is 31.5 Å². The Balaban J connectivity index is 1.43. The van der Waals surface area contributed by atoms with E-state index in [0.717, 1.165) is 30.1 Å². The fourth-order valence-electron chi connectivity index (χ4n) is 5.04. The first-order valence-electron chi connectivity index (χ1n) is 11.3. The second-order valence-electron chi connectivity index (χ2n) is 9.25. The van der Waals surface area contributed by atoms with Gasteiger partial charge in [-0.2, -0.15) is 0 Å². The molecule has 1 aromatic carbocycles. The maximum atomic E-state index is 13.2. The first kappa shape index (κ1) is 21.9. The molecule has 4 heterocycles. The normalized spacial score (nSPS) is 25.9. The van der Waals surface area contributed by atoms with Gasteiger partial charge in [0.05, 0.1) is 19.6 Å². The van der Waals surface area contributed by atoms with Gasteiger partial charge in [-0.25, -0.2) is 14.7 Å². The van der Waals surface area contributed by atoms with E-state index < -0.39 is 6.04 Å². The second kappa shape index (κ2) is 8.48. The highest BCUT2D eigenvalue weighted by Gasteiger charge is 2.55. The van der Waals surface area contributed by atoms with Crippen molar-refractivity contribution in [2.75, 3.05) is 39.5 Å². The quantitative estimate of drug-likeness (QED) is 0.505. The van der Waals surface area contributed by atoms with Crippen molar-refractivity contribution in [3.63, 3.8) is 0 Å². The molecule has 5 rings (SSSR count). The van der Waals surface area contributed by atoms with Gasteiger partial charge < -0.3 is 4.42 Å². The molecule has 174 valence electrons. The molecular weight excluding hydrogens is 440 g/mol. The van der Waals surface area contributed by atoms with E-state index in [1.54, 1.807) is 7.05 Å². The zero-order valence-electron chi connectivity index (χ0n) is 19.4. The smallest absolute Gasteiger partial charge is 0.392 e. The van der Waals surface area contributed by atoms with Crippen LogP contribution in [-0.4, -0.2) is 93.5 Å². The molecule has 33 heavy (non-hydrogen) atoms. The summed E-state index contributed by atoms with van der Waals surface area (Å²) in [6.45, 7) is 6.86. The Morgan fingerprint density at radius 3 is 2.58 bits per heavy atom. The van der Waals surface area contributed by atoms with Gasteiger partial charge in [0.2, 0.25) is 11.9 Å². The molecule has 9 nitrogen and oxygen atoms in total. The number of aromatic nitrogens is 1. The molecule has 2 saturated heterocycles. The molecule has 3 unspecified atom stereocenters. The molecular formula is C23H29N6O3S+. The number of hydrogen-bond donors (Lipinski definition) is 0. The summed E-state index contributed by atoms with van der Waals surface area (Å²) >= 11 is 1.52. The number of benzene rings is 1. The zero-order valence-corrected chi connectivity index (χ0v) is 20.2. The summed E-state index contributed by atoms with van der Waals surface area (Å²) in [5.41, 5.74) is 1.60. The van der Waals surface area contributed by atoms with Gasteiger partial charge in [-0.15, -0.1) is 0 Å². The van der Waals surface area contributed by atoms with Crippen LogP contribution in [0.4, 0.5) is 4.79 Å². The summed E-state index contributed by atoms with van der Waals surface area (Å²) in [6, 6.07) is 6.75. The molecule has 3 aliphatic heterocycles. The van der Waals surface area contributed by atoms with Crippen LogP contribution in [-0.2, 0) is 4.79 Å². The predicted molar refractivity (Wildman–Crippen MR) is 127 cm³/mol. The van der Waals surface area contributed by atoms with Crippen LogP contribution in [0.3, 0.4) is 0 Å². The third kappa shape index (κ3) is 3.90. The number of amides is 3. The number of para-hydroxylation sites is 2. The Morgan fingerprint density at radius 2 is 1.85 bits per heavy atom. The highest BCUT2D eigenvalue weighted by molar-refractivity contribution is 7.99.